The first-order chi connectivity index (χ1) is 32.0. The van der Waals surface area contributed by atoms with Crippen LogP contribution in [0.2, 0.25) is 0 Å². The van der Waals surface area contributed by atoms with Crippen molar-refractivity contribution in [2.75, 3.05) is 9.80 Å². The number of benzene rings is 9. The summed E-state index contributed by atoms with van der Waals surface area (Å²) in [5, 5.41) is 2.20. The zero-order valence-corrected chi connectivity index (χ0v) is 38.4. The third-order valence-electron chi connectivity index (χ3n) is 14.1. The van der Waals surface area contributed by atoms with E-state index in [9.17, 15) is 0 Å². The predicted octanol–water partition coefficient (Wildman–Crippen LogP) is 17.5. The van der Waals surface area contributed by atoms with Crippen molar-refractivity contribution < 1.29 is 4.42 Å². The molecule has 0 fully saturated rings. The van der Waals surface area contributed by atoms with Gasteiger partial charge in [0.25, 0.3) is 0 Å². The number of furan rings is 1. The number of fused-ring (bicyclic) bond motifs is 14. The molecule has 320 valence electrons. The quantitative estimate of drug-likeness (QED) is 0.166. The van der Waals surface area contributed by atoms with E-state index < -0.39 is 5.41 Å². The first-order valence-corrected chi connectivity index (χ1v) is 23.3. The molecule has 2 aliphatic carbocycles. The fraction of sp³-hybridized carbons (Fsp3) is 0.143. The molecule has 66 heavy (non-hydrogen) atoms. The minimum Gasteiger partial charge on any atom is -0.455 e. The summed E-state index contributed by atoms with van der Waals surface area (Å²) in [4.78, 5) is 4.83. The number of para-hydroxylation sites is 5. The van der Waals surface area contributed by atoms with Crippen molar-refractivity contribution >= 4 is 56.1 Å². The maximum Gasteiger partial charge on any atom is 0.145 e. The van der Waals surface area contributed by atoms with Gasteiger partial charge in [-0.1, -0.05) is 175 Å². The van der Waals surface area contributed by atoms with Gasteiger partial charge in [-0.05, 0) is 134 Å². The molecular formula is C63H52N2O. The Balaban J connectivity index is 1.26. The summed E-state index contributed by atoms with van der Waals surface area (Å²) in [6.45, 7) is 14.0. The largest absolute Gasteiger partial charge is 0.455 e. The Kier molecular flexibility index (Phi) is 8.90. The van der Waals surface area contributed by atoms with E-state index in [1.54, 1.807) is 0 Å². The second-order valence-corrected chi connectivity index (χ2v) is 20.1. The van der Waals surface area contributed by atoms with Crippen molar-refractivity contribution in [3.05, 3.63) is 240 Å². The van der Waals surface area contributed by atoms with Crippen molar-refractivity contribution in [2.24, 2.45) is 0 Å². The highest BCUT2D eigenvalue weighted by Crippen LogP contribution is 2.66. The lowest BCUT2D eigenvalue weighted by Crippen LogP contribution is -2.27. The number of anilines is 6. The van der Waals surface area contributed by atoms with Gasteiger partial charge in [-0.2, -0.15) is 0 Å². The lowest BCUT2D eigenvalue weighted by molar-refractivity contribution is 0.589. The van der Waals surface area contributed by atoms with E-state index in [-0.39, 0.29) is 10.8 Å². The molecule has 0 unspecified atom stereocenters. The molecule has 0 saturated heterocycles. The Bertz CT molecular complexity index is 3340. The normalized spacial score (nSPS) is 13.4. The Morgan fingerprint density at radius 3 is 1.35 bits per heavy atom. The van der Waals surface area contributed by atoms with Crippen LogP contribution in [0.4, 0.5) is 34.1 Å². The van der Waals surface area contributed by atoms with Crippen molar-refractivity contribution in [2.45, 2.75) is 57.8 Å². The fourth-order valence-electron chi connectivity index (χ4n) is 11.0. The van der Waals surface area contributed by atoms with Crippen molar-refractivity contribution in [1.29, 1.82) is 0 Å². The molecule has 0 atom stereocenters. The maximum absolute atomic E-state index is 7.30. The summed E-state index contributed by atoms with van der Waals surface area (Å²) in [5.74, 6) is 0. The number of hydrogen-bond acceptors (Lipinski definition) is 3. The van der Waals surface area contributed by atoms with Gasteiger partial charge in [0.05, 0.1) is 16.5 Å². The molecule has 1 spiro atoms. The van der Waals surface area contributed by atoms with Crippen LogP contribution >= 0.6 is 0 Å². The maximum atomic E-state index is 7.30. The molecule has 0 bridgehead atoms. The smallest absolute Gasteiger partial charge is 0.145 e. The Morgan fingerprint density at radius 1 is 0.379 bits per heavy atom. The van der Waals surface area contributed by atoms with Crippen LogP contribution in [0.25, 0.3) is 44.2 Å². The average molecular weight is 853 g/mol. The lowest BCUT2D eigenvalue weighted by atomic mass is 9.69. The topological polar surface area (TPSA) is 19.6 Å². The van der Waals surface area contributed by atoms with Crippen LogP contribution in [0.15, 0.2) is 211 Å². The SMILES string of the molecule is CC(C)(C)c1ccc2c(c1)-c1cc(C(C)(C)C)ccc1C21c2cc(N(c3ccccc3)c3ccccc3)ccc2-c2c1cc(N(c1ccccc1)c1ccccc1)c1c2oc2ccccc21. The highest BCUT2D eigenvalue weighted by atomic mass is 16.3. The first-order valence-electron chi connectivity index (χ1n) is 23.3. The van der Waals surface area contributed by atoms with Gasteiger partial charge in [-0.25, -0.2) is 0 Å². The minimum absolute atomic E-state index is 0.0450. The van der Waals surface area contributed by atoms with Gasteiger partial charge < -0.3 is 14.2 Å². The summed E-state index contributed by atoms with van der Waals surface area (Å²) >= 11 is 0. The second kappa shape index (κ2) is 14.7. The zero-order chi connectivity index (χ0) is 45.0. The van der Waals surface area contributed by atoms with E-state index in [1.165, 1.54) is 50.1 Å². The summed E-state index contributed by atoms with van der Waals surface area (Å²) in [5.41, 5.74) is 20.2. The molecule has 3 nitrogen and oxygen atoms in total. The summed E-state index contributed by atoms with van der Waals surface area (Å²) in [6, 6.07) is 76.1. The van der Waals surface area contributed by atoms with Gasteiger partial charge in [0.2, 0.25) is 0 Å². The van der Waals surface area contributed by atoms with Crippen LogP contribution in [0.1, 0.15) is 74.9 Å². The van der Waals surface area contributed by atoms with Crippen molar-refractivity contribution in [1.82, 2.24) is 0 Å². The molecule has 0 radical (unpaired) electrons. The van der Waals surface area contributed by atoms with Gasteiger partial charge >= 0.3 is 0 Å². The summed E-state index contributed by atoms with van der Waals surface area (Å²) < 4.78 is 7.30. The van der Waals surface area contributed by atoms with Crippen LogP contribution in [0, 0.1) is 0 Å². The van der Waals surface area contributed by atoms with E-state index >= 15 is 0 Å². The summed E-state index contributed by atoms with van der Waals surface area (Å²) in [7, 11) is 0. The molecule has 0 amide bonds. The third-order valence-corrected chi connectivity index (χ3v) is 14.1. The average Bonchev–Trinajstić information content (AvgIpc) is 3.96. The van der Waals surface area contributed by atoms with Crippen LogP contribution in [-0.4, -0.2) is 0 Å². The minimum atomic E-state index is -0.696. The fourth-order valence-corrected chi connectivity index (χ4v) is 11.0. The first kappa shape index (κ1) is 39.9. The summed E-state index contributed by atoms with van der Waals surface area (Å²) in [6.07, 6.45) is 0. The predicted molar refractivity (Wildman–Crippen MR) is 277 cm³/mol. The molecule has 0 aliphatic heterocycles. The molecule has 10 aromatic rings. The van der Waals surface area contributed by atoms with E-state index in [0.717, 1.165) is 61.6 Å². The number of nitrogens with zero attached hydrogens (tertiary/aromatic N) is 2. The van der Waals surface area contributed by atoms with Gasteiger partial charge in [-0.3, -0.25) is 0 Å². The second-order valence-electron chi connectivity index (χ2n) is 20.1. The molecule has 3 heteroatoms. The van der Waals surface area contributed by atoms with Crippen LogP contribution in [0.3, 0.4) is 0 Å². The number of hydrogen-bond donors (Lipinski definition) is 0. The molecule has 0 N–H and O–H groups in total. The monoisotopic (exact) mass is 852 g/mol. The third kappa shape index (κ3) is 5.96. The molecular weight excluding hydrogens is 801 g/mol. The Morgan fingerprint density at radius 2 is 0.848 bits per heavy atom. The van der Waals surface area contributed by atoms with Gasteiger partial charge in [-0.15, -0.1) is 0 Å². The standard InChI is InChI=1S/C63H52N2O/c1-61(2,3)41-31-35-52-50(37-41)51-38-42(62(4,5)6)32-36-53(51)63(52)54-39-47(64(43-21-11-7-12-22-43)44-23-13-8-14-24-44)33-34-48(54)58-55(63)40-56(59-49-29-19-20-30-57(49)66-60(58)59)65(45-25-15-9-16-26-45)46-27-17-10-18-28-46/h7-40H,1-6H3. The Labute approximate surface area is 388 Å². The molecule has 12 rings (SSSR count). The van der Waals surface area contributed by atoms with E-state index in [2.05, 4.69) is 258 Å². The van der Waals surface area contributed by atoms with Gasteiger partial charge in [0.1, 0.15) is 11.2 Å². The highest BCUT2D eigenvalue weighted by molar-refractivity contribution is 6.20. The molecule has 0 saturated carbocycles. The Hall–Kier alpha value is -7.62. The van der Waals surface area contributed by atoms with E-state index in [4.69, 9.17) is 4.42 Å². The molecule has 9 aromatic carbocycles. The van der Waals surface area contributed by atoms with E-state index in [0.29, 0.717) is 0 Å². The van der Waals surface area contributed by atoms with Crippen molar-refractivity contribution in [3.8, 4) is 22.3 Å². The zero-order valence-electron chi connectivity index (χ0n) is 38.4. The van der Waals surface area contributed by atoms with Crippen LogP contribution < -0.4 is 9.80 Å². The van der Waals surface area contributed by atoms with Gasteiger partial charge in [0, 0.05) is 39.4 Å². The van der Waals surface area contributed by atoms with Gasteiger partial charge in [0.15, 0.2) is 0 Å². The van der Waals surface area contributed by atoms with E-state index in [1.807, 2.05) is 0 Å². The molecule has 1 aromatic heterocycles. The van der Waals surface area contributed by atoms with Crippen LogP contribution in [0.5, 0.6) is 0 Å². The number of rotatable bonds is 6. The van der Waals surface area contributed by atoms with Crippen LogP contribution in [-0.2, 0) is 16.2 Å². The van der Waals surface area contributed by atoms with Crippen molar-refractivity contribution in [3.63, 3.8) is 0 Å². The highest BCUT2D eigenvalue weighted by Gasteiger charge is 2.54. The molecule has 1 heterocycles. The lowest BCUT2D eigenvalue weighted by Gasteiger charge is -2.34. The molecule has 2 aliphatic rings.